The van der Waals surface area contributed by atoms with E-state index in [1.807, 2.05) is 0 Å². The highest BCUT2D eigenvalue weighted by Gasteiger charge is 2.22. The van der Waals surface area contributed by atoms with Crippen LogP contribution < -0.4 is 10.6 Å². The van der Waals surface area contributed by atoms with E-state index in [0.29, 0.717) is 13.2 Å². The first kappa shape index (κ1) is 13.2. The van der Waals surface area contributed by atoms with Crippen LogP contribution in [-0.4, -0.2) is 41.7 Å². The van der Waals surface area contributed by atoms with E-state index in [4.69, 9.17) is 4.74 Å². The molecule has 0 radical (unpaired) electrons. The number of non-ortho nitro benzene ring substituents is 1. The maximum Gasteiger partial charge on any atom is 0.273 e. The second-order valence-electron chi connectivity index (χ2n) is 4.03. The van der Waals surface area contributed by atoms with E-state index < -0.39 is 11.0 Å². The first-order chi connectivity index (χ1) is 9.08. The highest BCUT2D eigenvalue weighted by atomic mass is 16.6. The molecule has 1 aliphatic heterocycles. The molecule has 8 heteroatoms. The maximum absolute atomic E-state index is 11.8. The number of morpholine rings is 1. The van der Waals surface area contributed by atoms with Gasteiger partial charge in [0.2, 0.25) is 5.91 Å². The second kappa shape index (κ2) is 5.63. The Hall–Kier alpha value is -2.19. The Morgan fingerprint density at radius 2 is 2.37 bits per heavy atom. The molecule has 0 aromatic heterocycles. The summed E-state index contributed by atoms with van der Waals surface area (Å²) in [5.41, 5.74) is -0.113. The highest BCUT2D eigenvalue weighted by Crippen LogP contribution is 2.27. The highest BCUT2D eigenvalue weighted by molar-refractivity contribution is 5.96. The number of benzene rings is 1. The summed E-state index contributed by atoms with van der Waals surface area (Å²) in [6.45, 7) is 1.37. The fraction of sp³-hybridized carbons (Fsp3) is 0.364. The molecule has 1 aliphatic rings. The van der Waals surface area contributed by atoms with Gasteiger partial charge >= 0.3 is 0 Å². The number of carbonyl (C=O) groups is 1. The minimum Gasteiger partial charge on any atom is -0.506 e. The molecule has 102 valence electrons. The first-order valence-corrected chi connectivity index (χ1v) is 5.67. The summed E-state index contributed by atoms with van der Waals surface area (Å²) >= 11 is 0. The van der Waals surface area contributed by atoms with Gasteiger partial charge in [-0.1, -0.05) is 0 Å². The van der Waals surface area contributed by atoms with Crippen molar-refractivity contribution in [1.29, 1.82) is 0 Å². The fourth-order valence-electron chi connectivity index (χ4n) is 1.69. The Bertz CT molecular complexity index is 499. The zero-order chi connectivity index (χ0) is 13.8. The number of anilines is 1. The third-order valence-electron chi connectivity index (χ3n) is 2.69. The normalized spacial score (nSPS) is 18.8. The molecule has 0 bridgehead atoms. The van der Waals surface area contributed by atoms with Gasteiger partial charge < -0.3 is 20.5 Å². The third-order valence-corrected chi connectivity index (χ3v) is 2.69. The lowest BCUT2D eigenvalue weighted by atomic mass is 10.2. The fourth-order valence-corrected chi connectivity index (χ4v) is 1.69. The number of phenols is 1. The molecular weight excluding hydrogens is 254 g/mol. The van der Waals surface area contributed by atoms with Gasteiger partial charge in [0.25, 0.3) is 5.69 Å². The molecule has 8 nitrogen and oxygen atoms in total. The number of phenolic OH excluding ortho intramolecular Hbond substituents is 1. The Kier molecular flexibility index (Phi) is 3.93. The molecule has 1 fully saturated rings. The Morgan fingerprint density at radius 1 is 1.58 bits per heavy atom. The predicted molar refractivity (Wildman–Crippen MR) is 66.0 cm³/mol. The third kappa shape index (κ3) is 3.18. The van der Waals surface area contributed by atoms with Gasteiger partial charge in [-0.15, -0.1) is 0 Å². The van der Waals surface area contributed by atoms with E-state index in [1.54, 1.807) is 0 Å². The van der Waals surface area contributed by atoms with Crippen LogP contribution in [0.5, 0.6) is 5.75 Å². The second-order valence-corrected chi connectivity index (χ2v) is 4.03. The van der Waals surface area contributed by atoms with Crippen LogP contribution in [0.2, 0.25) is 0 Å². The van der Waals surface area contributed by atoms with Gasteiger partial charge in [0.15, 0.2) is 0 Å². The van der Waals surface area contributed by atoms with Crippen molar-refractivity contribution in [2.45, 2.75) is 6.04 Å². The van der Waals surface area contributed by atoms with Crippen LogP contribution in [0.15, 0.2) is 18.2 Å². The molecule has 1 atom stereocenters. The maximum atomic E-state index is 11.8. The number of carbonyl (C=O) groups excluding carboxylic acids is 1. The van der Waals surface area contributed by atoms with Crippen LogP contribution in [0.25, 0.3) is 0 Å². The number of nitrogens with one attached hydrogen (secondary N) is 2. The monoisotopic (exact) mass is 267 g/mol. The summed E-state index contributed by atoms with van der Waals surface area (Å²) in [5.74, 6) is -0.705. The summed E-state index contributed by atoms with van der Waals surface area (Å²) in [5, 5.41) is 25.6. The number of ether oxygens (including phenoxy) is 1. The molecule has 1 aromatic carbocycles. The number of nitro benzene ring substituents is 1. The zero-order valence-corrected chi connectivity index (χ0v) is 9.96. The van der Waals surface area contributed by atoms with Gasteiger partial charge in [0.1, 0.15) is 11.8 Å². The van der Waals surface area contributed by atoms with E-state index in [2.05, 4.69) is 10.6 Å². The molecule has 1 aromatic rings. The SMILES string of the molecule is O=C(Nc1ccc([N+](=O)[O-])cc1O)C1COCCN1. The van der Waals surface area contributed by atoms with Gasteiger partial charge in [-0.3, -0.25) is 14.9 Å². The summed E-state index contributed by atoms with van der Waals surface area (Å²) in [6, 6.07) is 2.98. The molecule has 0 aliphatic carbocycles. The van der Waals surface area contributed by atoms with Crippen molar-refractivity contribution in [2.75, 3.05) is 25.1 Å². The minimum absolute atomic E-state index is 0.128. The molecule has 1 unspecified atom stereocenters. The van der Waals surface area contributed by atoms with Crippen LogP contribution in [0.1, 0.15) is 0 Å². The van der Waals surface area contributed by atoms with Gasteiger partial charge in [-0.2, -0.15) is 0 Å². The molecule has 1 saturated heterocycles. The topological polar surface area (TPSA) is 114 Å². The molecule has 0 saturated carbocycles. The van der Waals surface area contributed by atoms with Crippen molar-refractivity contribution in [2.24, 2.45) is 0 Å². The lowest BCUT2D eigenvalue weighted by Gasteiger charge is -2.23. The van der Waals surface area contributed by atoms with E-state index in [0.717, 1.165) is 6.07 Å². The largest absolute Gasteiger partial charge is 0.506 e. The summed E-state index contributed by atoms with van der Waals surface area (Å²) in [4.78, 5) is 21.7. The van der Waals surface area contributed by atoms with E-state index in [-0.39, 0.29) is 29.6 Å². The van der Waals surface area contributed by atoms with E-state index in [9.17, 15) is 20.0 Å². The number of amides is 1. The van der Waals surface area contributed by atoms with Crippen molar-refractivity contribution in [3.8, 4) is 5.75 Å². The molecule has 19 heavy (non-hydrogen) atoms. The number of hydrogen-bond donors (Lipinski definition) is 3. The van der Waals surface area contributed by atoms with E-state index >= 15 is 0 Å². The molecule has 1 amide bonds. The van der Waals surface area contributed by atoms with Crippen LogP contribution >= 0.6 is 0 Å². The summed E-state index contributed by atoms with van der Waals surface area (Å²) in [7, 11) is 0. The quantitative estimate of drug-likeness (QED) is 0.410. The number of hydrogen-bond acceptors (Lipinski definition) is 6. The number of nitro groups is 1. The van der Waals surface area contributed by atoms with Gasteiger partial charge in [-0.25, -0.2) is 0 Å². The van der Waals surface area contributed by atoms with Crippen molar-refractivity contribution >= 4 is 17.3 Å². The van der Waals surface area contributed by atoms with Crippen molar-refractivity contribution < 1.29 is 19.6 Å². The smallest absolute Gasteiger partial charge is 0.273 e. The van der Waals surface area contributed by atoms with Crippen molar-refractivity contribution in [3.63, 3.8) is 0 Å². The molecule has 3 N–H and O–H groups in total. The number of aromatic hydroxyl groups is 1. The predicted octanol–water partition coefficient (Wildman–Crippen LogP) is 0.227. The minimum atomic E-state index is -0.623. The number of rotatable bonds is 3. The Balaban J connectivity index is 2.06. The van der Waals surface area contributed by atoms with E-state index in [1.165, 1.54) is 12.1 Å². The Labute approximate surface area is 108 Å². The van der Waals surface area contributed by atoms with Crippen LogP contribution in [0.4, 0.5) is 11.4 Å². The van der Waals surface area contributed by atoms with Gasteiger partial charge in [0.05, 0.1) is 29.9 Å². The van der Waals surface area contributed by atoms with Gasteiger partial charge in [-0.05, 0) is 6.07 Å². The summed E-state index contributed by atoms with van der Waals surface area (Å²) < 4.78 is 5.15. The lowest BCUT2D eigenvalue weighted by molar-refractivity contribution is -0.384. The van der Waals surface area contributed by atoms with Crippen LogP contribution in [-0.2, 0) is 9.53 Å². The number of nitrogens with zero attached hydrogens (tertiary/aromatic N) is 1. The van der Waals surface area contributed by atoms with Crippen LogP contribution in [0.3, 0.4) is 0 Å². The van der Waals surface area contributed by atoms with Crippen molar-refractivity contribution in [3.05, 3.63) is 28.3 Å². The molecule has 2 rings (SSSR count). The van der Waals surface area contributed by atoms with Crippen molar-refractivity contribution in [1.82, 2.24) is 5.32 Å². The first-order valence-electron chi connectivity index (χ1n) is 5.67. The molecule has 1 heterocycles. The molecule has 0 spiro atoms. The standard InChI is InChI=1S/C11H13N3O5/c15-10-5-7(14(17)18)1-2-8(10)13-11(16)9-6-19-4-3-12-9/h1-2,5,9,12,15H,3-4,6H2,(H,13,16). The lowest BCUT2D eigenvalue weighted by Crippen LogP contribution is -2.48. The summed E-state index contributed by atoms with van der Waals surface area (Å²) in [6.07, 6.45) is 0. The Morgan fingerprint density at radius 3 is 2.95 bits per heavy atom. The van der Waals surface area contributed by atoms with Crippen LogP contribution in [0, 0.1) is 10.1 Å². The average Bonchev–Trinajstić information content (AvgIpc) is 2.41. The molecular formula is C11H13N3O5. The van der Waals surface area contributed by atoms with Gasteiger partial charge in [0, 0.05) is 12.6 Å². The average molecular weight is 267 g/mol. The zero-order valence-electron chi connectivity index (χ0n) is 9.96.